The summed E-state index contributed by atoms with van der Waals surface area (Å²) >= 11 is 0. The number of aliphatic imine (C=N–C) groups is 1. The second-order valence-corrected chi connectivity index (χ2v) is 8.14. The van der Waals surface area contributed by atoms with E-state index < -0.39 is 29.0 Å². The molecule has 1 heterocycles. The van der Waals surface area contributed by atoms with E-state index in [1.807, 2.05) is 0 Å². The second kappa shape index (κ2) is 9.96. The molecule has 1 aromatic carbocycles. The number of carbonyl (C=O) groups excluding carboxylic acids is 1. The smallest absolute Gasteiger partial charge is 0.243 e. The number of benzene rings is 1. The molecule has 1 aromatic rings. The molecular weight excluding hydrogens is 385 g/mol. The van der Waals surface area contributed by atoms with E-state index in [1.165, 1.54) is 0 Å². The predicted octanol–water partition coefficient (Wildman–Crippen LogP) is 3.05. The Labute approximate surface area is 169 Å². The van der Waals surface area contributed by atoms with Gasteiger partial charge in [0.15, 0.2) is 23.4 Å². The van der Waals surface area contributed by atoms with Crippen molar-refractivity contribution in [3.8, 4) is 0 Å². The summed E-state index contributed by atoms with van der Waals surface area (Å²) in [5.41, 5.74) is -0.413. The van der Waals surface area contributed by atoms with Crippen molar-refractivity contribution in [3.05, 3.63) is 29.6 Å². The van der Waals surface area contributed by atoms with Crippen molar-refractivity contribution in [2.75, 3.05) is 32.1 Å². The van der Waals surface area contributed by atoms with Crippen LogP contribution in [0.5, 0.6) is 0 Å². The molecule has 0 radical (unpaired) electrons. The van der Waals surface area contributed by atoms with Crippen molar-refractivity contribution >= 4 is 17.6 Å². The monoisotopic (exact) mass is 414 g/mol. The van der Waals surface area contributed by atoms with Gasteiger partial charge in [-0.05, 0) is 30.4 Å². The molecule has 0 aliphatic carbocycles. The maximum atomic E-state index is 13.6. The van der Waals surface area contributed by atoms with Gasteiger partial charge >= 0.3 is 0 Å². The lowest BCUT2D eigenvalue weighted by Gasteiger charge is -2.40. The molecule has 29 heavy (non-hydrogen) atoms. The fraction of sp³-hybridized carbons (Fsp3) is 0.600. The average molecular weight is 414 g/mol. The summed E-state index contributed by atoms with van der Waals surface area (Å²) in [7, 11) is 1.57. The van der Waals surface area contributed by atoms with Crippen molar-refractivity contribution in [2.24, 2.45) is 16.3 Å². The molecule has 1 amide bonds. The Morgan fingerprint density at radius 1 is 1.21 bits per heavy atom. The Morgan fingerprint density at radius 2 is 1.93 bits per heavy atom. The van der Waals surface area contributed by atoms with Crippen molar-refractivity contribution in [1.29, 1.82) is 0 Å². The molecule has 1 aliphatic heterocycles. The quantitative estimate of drug-likeness (QED) is 0.393. The number of carbonyl (C=O) groups is 1. The molecule has 2 atom stereocenters. The van der Waals surface area contributed by atoms with E-state index in [9.17, 15) is 18.0 Å². The summed E-state index contributed by atoms with van der Waals surface area (Å²) in [6, 6.07) is 1.72. The number of halogens is 3. The minimum absolute atomic E-state index is 0.0120. The maximum absolute atomic E-state index is 13.6. The number of nitrogens with one attached hydrogen (secondary N) is 3. The van der Waals surface area contributed by atoms with Crippen LogP contribution in [0.3, 0.4) is 0 Å². The van der Waals surface area contributed by atoms with Crippen LogP contribution >= 0.6 is 0 Å². The van der Waals surface area contributed by atoms with E-state index >= 15 is 0 Å². The fourth-order valence-corrected chi connectivity index (χ4v) is 3.44. The Kier molecular flexibility index (Phi) is 7.89. The molecule has 2 unspecified atom stereocenters. The first kappa shape index (κ1) is 23.0. The number of anilines is 1. The lowest BCUT2D eigenvalue weighted by molar-refractivity contribution is -0.115. The molecule has 162 valence electrons. The third kappa shape index (κ3) is 6.35. The first-order chi connectivity index (χ1) is 13.6. The molecule has 3 N–H and O–H groups in total. The minimum Gasteiger partial charge on any atom is -0.377 e. The van der Waals surface area contributed by atoms with Gasteiger partial charge in [0.25, 0.3) is 0 Å². The highest BCUT2D eigenvalue weighted by molar-refractivity contribution is 5.95. The Hall–Kier alpha value is -2.29. The van der Waals surface area contributed by atoms with E-state index in [1.54, 1.807) is 7.05 Å². The average Bonchev–Trinajstić information content (AvgIpc) is 2.68. The lowest BCUT2D eigenvalue weighted by Crippen LogP contribution is -2.48. The van der Waals surface area contributed by atoms with E-state index in [0.29, 0.717) is 18.4 Å². The van der Waals surface area contributed by atoms with Crippen LogP contribution in [0.4, 0.5) is 18.9 Å². The van der Waals surface area contributed by atoms with Crippen molar-refractivity contribution in [2.45, 2.75) is 39.7 Å². The van der Waals surface area contributed by atoms with Crippen LogP contribution in [0.15, 0.2) is 17.1 Å². The number of guanidine groups is 1. The number of ether oxygens (including phenoxy) is 1. The minimum atomic E-state index is -1.63. The summed E-state index contributed by atoms with van der Waals surface area (Å²) < 4.78 is 45.8. The SMILES string of the molecule is CN=C(NCC(=O)Nc1ccc(F)c(F)c1F)NCC1CCCOC1C(C)(C)C. The highest BCUT2D eigenvalue weighted by Crippen LogP contribution is 2.33. The molecule has 2 rings (SSSR count). The molecule has 1 aliphatic rings. The van der Waals surface area contributed by atoms with Gasteiger partial charge in [0, 0.05) is 26.1 Å². The largest absolute Gasteiger partial charge is 0.377 e. The Morgan fingerprint density at radius 3 is 2.59 bits per heavy atom. The standard InChI is InChI=1S/C20H29F3N4O2/c1-20(2,3)18-12(6-5-9-29-18)10-25-19(24-4)26-11-15(28)27-14-8-7-13(21)16(22)17(14)23/h7-8,12,18H,5-6,9-11H2,1-4H3,(H,27,28)(H2,24,25,26). The van der Waals surface area contributed by atoms with Crippen LogP contribution in [0.2, 0.25) is 0 Å². The van der Waals surface area contributed by atoms with Crippen LogP contribution in [0.1, 0.15) is 33.6 Å². The van der Waals surface area contributed by atoms with Gasteiger partial charge in [-0.3, -0.25) is 9.79 Å². The normalized spacial score (nSPS) is 20.3. The molecular formula is C20H29F3N4O2. The molecule has 0 spiro atoms. The Balaban J connectivity index is 1.86. The van der Waals surface area contributed by atoms with Crippen LogP contribution < -0.4 is 16.0 Å². The van der Waals surface area contributed by atoms with Gasteiger partial charge in [0.2, 0.25) is 5.91 Å². The first-order valence-electron chi connectivity index (χ1n) is 9.63. The van der Waals surface area contributed by atoms with Gasteiger partial charge in [-0.15, -0.1) is 0 Å². The predicted molar refractivity (Wildman–Crippen MR) is 106 cm³/mol. The lowest BCUT2D eigenvalue weighted by atomic mass is 9.78. The maximum Gasteiger partial charge on any atom is 0.243 e. The van der Waals surface area contributed by atoms with E-state index in [2.05, 4.69) is 41.7 Å². The van der Waals surface area contributed by atoms with E-state index in [-0.39, 0.29) is 18.1 Å². The zero-order valence-electron chi connectivity index (χ0n) is 17.2. The van der Waals surface area contributed by atoms with Gasteiger partial charge in [0.05, 0.1) is 18.3 Å². The molecule has 0 aromatic heterocycles. The van der Waals surface area contributed by atoms with Crippen molar-refractivity contribution < 1.29 is 22.7 Å². The van der Waals surface area contributed by atoms with Gasteiger partial charge in [-0.2, -0.15) is 0 Å². The zero-order valence-corrected chi connectivity index (χ0v) is 17.2. The first-order valence-corrected chi connectivity index (χ1v) is 9.63. The fourth-order valence-electron chi connectivity index (χ4n) is 3.44. The van der Waals surface area contributed by atoms with Gasteiger partial charge < -0.3 is 20.7 Å². The number of amides is 1. The second-order valence-electron chi connectivity index (χ2n) is 8.14. The topological polar surface area (TPSA) is 74.8 Å². The van der Waals surface area contributed by atoms with E-state index in [4.69, 9.17) is 4.74 Å². The summed E-state index contributed by atoms with van der Waals surface area (Å²) in [6.45, 7) is 7.59. The zero-order chi connectivity index (χ0) is 21.6. The molecule has 0 saturated carbocycles. The molecule has 0 bridgehead atoms. The number of rotatable bonds is 5. The number of nitrogens with zero attached hydrogens (tertiary/aromatic N) is 1. The molecule has 9 heteroatoms. The summed E-state index contributed by atoms with van der Waals surface area (Å²) in [6.07, 6.45) is 2.14. The summed E-state index contributed by atoms with van der Waals surface area (Å²) in [5, 5.41) is 8.21. The van der Waals surface area contributed by atoms with Crippen LogP contribution in [0.25, 0.3) is 0 Å². The summed E-state index contributed by atoms with van der Waals surface area (Å²) in [4.78, 5) is 16.1. The van der Waals surface area contributed by atoms with Crippen molar-refractivity contribution in [1.82, 2.24) is 10.6 Å². The van der Waals surface area contributed by atoms with Crippen LogP contribution in [0, 0.1) is 28.8 Å². The Bertz CT molecular complexity index is 750. The van der Waals surface area contributed by atoms with E-state index in [0.717, 1.165) is 31.6 Å². The number of hydrogen-bond donors (Lipinski definition) is 3. The highest BCUT2D eigenvalue weighted by atomic mass is 19.2. The molecule has 1 fully saturated rings. The third-order valence-electron chi connectivity index (χ3n) is 4.78. The number of hydrogen-bond acceptors (Lipinski definition) is 3. The van der Waals surface area contributed by atoms with Gasteiger partial charge in [0.1, 0.15) is 0 Å². The van der Waals surface area contributed by atoms with Crippen molar-refractivity contribution in [3.63, 3.8) is 0 Å². The highest BCUT2D eigenvalue weighted by Gasteiger charge is 2.35. The van der Waals surface area contributed by atoms with Gasteiger partial charge in [-0.1, -0.05) is 20.8 Å². The van der Waals surface area contributed by atoms with Crippen LogP contribution in [-0.4, -0.2) is 44.7 Å². The molecule has 1 saturated heterocycles. The molecule has 6 nitrogen and oxygen atoms in total. The van der Waals surface area contributed by atoms with Gasteiger partial charge in [-0.25, -0.2) is 13.2 Å². The third-order valence-corrected chi connectivity index (χ3v) is 4.78. The summed E-state index contributed by atoms with van der Waals surface area (Å²) in [5.74, 6) is -4.30. The van der Waals surface area contributed by atoms with Crippen LogP contribution in [-0.2, 0) is 9.53 Å².